The maximum atomic E-state index is 12.4. The van der Waals surface area contributed by atoms with Gasteiger partial charge >= 0.3 is 0 Å². The van der Waals surface area contributed by atoms with Crippen LogP contribution in [0, 0.1) is 10.5 Å². The molecule has 0 amide bonds. The number of hydrogen-bond donors (Lipinski definition) is 1. The molecule has 3 rings (SSSR count). The quantitative estimate of drug-likeness (QED) is 0.522. The first-order valence-corrected chi connectivity index (χ1v) is 6.99. The second-order valence-corrected chi connectivity index (χ2v) is 5.41. The largest absolute Gasteiger partial charge is 0.423 e. The molecule has 5 nitrogen and oxygen atoms in total. The van der Waals surface area contributed by atoms with Crippen LogP contribution in [0.4, 0.5) is 0 Å². The fourth-order valence-electron chi connectivity index (χ4n) is 2.15. The number of fused-ring (bicyclic) bond motifs is 1. The lowest BCUT2D eigenvalue weighted by Crippen LogP contribution is -2.22. The smallest absolute Gasteiger partial charge is 0.293 e. The maximum Gasteiger partial charge on any atom is 0.293 e. The van der Waals surface area contributed by atoms with E-state index in [9.17, 15) is 10.0 Å². The van der Waals surface area contributed by atoms with Crippen LogP contribution in [0.5, 0.6) is 0 Å². The second kappa shape index (κ2) is 4.86. The molecule has 20 heavy (non-hydrogen) atoms. The molecular formula is C14H10IN3O2. The lowest BCUT2D eigenvalue weighted by Gasteiger charge is -2.11. The molecule has 2 heterocycles. The molecule has 3 aromatic rings. The van der Waals surface area contributed by atoms with Gasteiger partial charge in [0.2, 0.25) is 0 Å². The molecule has 0 saturated heterocycles. The Hall–Kier alpha value is -1.96. The zero-order chi connectivity index (χ0) is 14.3. The van der Waals surface area contributed by atoms with Crippen molar-refractivity contribution in [3.05, 3.63) is 56.3 Å². The lowest BCUT2D eigenvalue weighted by molar-refractivity contribution is 0.187. The summed E-state index contributed by atoms with van der Waals surface area (Å²) >= 11 is 2.11. The Bertz CT molecular complexity index is 860. The number of hydrogen-bond acceptors (Lipinski definition) is 4. The predicted molar refractivity (Wildman–Crippen MR) is 83.9 cm³/mol. The highest BCUT2D eigenvalue weighted by molar-refractivity contribution is 14.1. The van der Waals surface area contributed by atoms with Gasteiger partial charge in [0.15, 0.2) is 5.65 Å². The van der Waals surface area contributed by atoms with Crippen molar-refractivity contribution in [1.82, 2.24) is 14.7 Å². The molecule has 1 N–H and O–H groups in total. The molecule has 0 unspecified atom stereocenters. The van der Waals surface area contributed by atoms with Crippen LogP contribution < -0.4 is 5.56 Å². The highest BCUT2D eigenvalue weighted by atomic mass is 127. The van der Waals surface area contributed by atoms with Crippen molar-refractivity contribution in [3.8, 4) is 11.1 Å². The van der Waals surface area contributed by atoms with Gasteiger partial charge in [-0.1, -0.05) is 30.3 Å². The van der Waals surface area contributed by atoms with E-state index in [1.165, 1.54) is 6.33 Å². The predicted octanol–water partition coefficient (Wildman–Crippen LogP) is 2.61. The molecule has 1 aromatic carbocycles. The van der Waals surface area contributed by atoms with Crippen LogP contribution in [0.1, 0.15) is 5.69 Å². The standard InChI is InChI=1S/C14H10IN3O2/c1-8-10-12(15)11(9-5-3-2-4-6-9)14(19)18(20)13(10)17-7-16-8/h2-7,20H,1H3. The molecular weight excluding hydrogens is 369 g/mol. The van der Waals surface area contributed by atoms with E-state index < -0.39 is 5.56 Å². The van der Waals surface area contributed by atoms with Gasteiger partial charge < -0.3 is 5.21 Å². The summed E-state index contributed by atoms with van der Waals surface area (Å²) in [4.78, 5) is 20.5. The van der Waals surface area contributed by atoms with Crippen molar-refractivity contribution in [2.75, 3.05) is 0 Å². The zero-order valence-electron chi connectivity index (χ0n) is 10.5. The van der Waals surface area contributed by atoms with Crippen molar-refractivity contribution >= 4 is 33.6 Å². The Kier molecular flexibility index (Phi) is 3.17. The van der Waals surface area contributed by atoms with Crippen LogP contribution in [0.25, 0.3) is 22.2 Å². The normalized spacial score (nSPS) is 10.9. The average Bonchev–Trinajstić information content (AvgIpc) is 2.46. The van der Waals surface area contributed by atoms with Gasteiger partial charge in [0.05, 0.1) is 16.6 Å². The van der Waals surface area contributed by atoms with Crippen LogP contribution in [-0.2, 0) is 0 Å². The summed E-state index contributed by atoms with van der Waals surface area (Å²) in [5.74, 6) is 0. The first kappa shape index (κ1) is 13.0. The first-order chi connectivity index (χ1) is 9.61. The summed E-state index contributed by atoms with van der Waals surface area (Å²) in [7, 11) is 0. The van der Waals surface area contributed by atoms with E-state index >= 15 is 0 Å². The SMILES string of the molecule is Cc1ncnc2c1c(I)c(-c1ccccc1)c(=O)n2O. The topological polar surface area (TPSA) is 68.0 Å². The fraction of sp³-hybridized carbons (Fsp3) is 0.0714. The molecule has 0 radical (unpaired) electrons. The first-order valence-electron chi connectivity index (χ1n) is 5.91. The van der Waals surface area contributed by atoms with Crippen molar-refractivity contribution in [3.63, 3.8) is 0 Å². The van der Waals surface area contributed by atoms with Gasteiger partial charge in [0.1, 0.15) is 6.33 Å². The summed E-state index contributed by atoms with van der Waals surface area (Å²) in [6, 6.07) is 9.26. The molecule has 0 aliphatic carbocycles. The van der Waals surface area contributed by atoms with Crippen molar-refractivity contribution in [2.45, 2.75) is 6.92 Å². The molecule has 0 bridgehead atoms. The second-order valence-electron chi connectivity index (χ2n) is 4.33. The van der Waals surface area contributed by atoms with Gasteiger partial charge in [-0.15, -0.1) is 4.73 Å². The number of rotatable bonds is 1. The summed E-state index contributed by atoms with van der Waals surface area (Å²) in [6.45, 7) is 1.82. The minimum Gasteiger partial charge on any atom is -0.423 e. The third-order valence-electron chi connectivity index (χ3n) is 3.13. The summed E-state index contributed by atoms with van der Waals surface area (Å²) in [6.07, 6.45) is 1.34. The third-order valence-corrected chi connectivity index (χ3v) is 4.20. The zero-order valence-corrected chi connectivity index (χ0v) is 12.7. The maximum absolute atomic E-state index is 12.4. The molecule has 0 saturated carbocycles. The van der Waals surface area contributed by atoms with Crippen molar-refractivity contribution in [2.24, 2.45) is 0 Å². The summed E-state index contributed by atoms with van der Waals surface area (Å²) in [5.41, 5.74) is 1.69. The monoisotopic (exact) mass is 379 g/mol. The van der Waals surface area contributed by atoms with Crippen LogP contribution in [-0.4, -0.2) is 19.9 Å². The summed E-state index contributed by atoms with van der Waals surface area (Å²) in [5, 5.41) is 10.7. The van der Waals surface area contributed by atoms with E-state index in [1.807, 2.05) is 37.3 Å². The number of nitrogens with zero attached hydrogens (tertiary/aromatic N) is 3. The molecule has 0 aliphatic rings. The van der Waals surface area contributed by atoms with Gasteiger partial charge in [-0.3, -0.25) is 4.79 Å². The number of aryl methyl sites for hydroxylation is 1. The molecule has 0 atom stereocenters. The molecule has 2 aromatic heterocycles. The van der Waals surface area contributed by atoms with Crippen LogP contribution in [0.3, 0.4) is 0 Å². The number of halogens is 1. The molecule has 0 fully saturated rings. The minimum absolute atomic E-state index is 0.228. The number of aromatic nitrogens is 3. The van der Waals surface area contributed by atoms with Gasteiger partial charge in [-0.25, -0.2) is 9.97 Å². The third kappa shape index (κ3) is 1.87. The lowest BCUT2D eigenvalue weighted by atomic mass is 10.1. The van der Waals surface area contributed by atoms with Gasteiger partial charge in [-0.05, 0) is 35.1 Å². The Morgan fingerprint density at radius 3 is 2.60 bits per heavy atom. The highest BCUT2D eigenvalue weighted by Gasteiger charge is 2.18. The van der Waals surface area contributed by atoms with Crippen molar-refractivity contribution < 1.29 is 5.21 Å². The van der Waals surface area contributed by atoms with Crippen LogP contribution in [0.2, 0.25) is 0 Å². The Labute approximate surface area is 128 Å². The molecule has 0 spiro atoms. The highest BCUT2D eigenvalue weighted by Crippen LogP contribution is 2.28. The van der Waals surface area contributed by atoms with Crippen LogP contribution >= 0.6 is 22.6 Å². The van der Waals surface area contributed by atoms with E-state index in [0.29, 0.717) is 15.7 Å². The summed E-state index contributed by atoms with van der Waals surface area (Å²) < 4.78 is 1.34. The Balaban J connectivity index is 2.52. The van der Waals surface area contributed by atoms with Gasteiger partial charge in [0, 0.05) is 3.57 Å². The molecule has 0 aliphatic heterocycles. The number of benzene rings is 1. The van der Waals surface area contributed by atoms with E-state index in [-0.39, 0.29) is 5.65 Å². The van der Waals surface area contributed by atoms with E-state index in [2.05, 4.69) is 32.6 Å². The van der Waals surface area contributed by atoms with E-state index in [0.717, 1.165) is 14.8 Å². The van der Waals surface area contributed by atoms with E-state index in [1.54, 1.807) is 0 Å². The van der Waals surface area contributed by atoms with Crippen molar-refractivity contribution in [1.29, 1.82) is 0 Å². The Morgan fingerprint density at radius 1 is 1.20 bits per heavy atom. The fourth-order valence-corrected chi connectivity index (χ4v) is 3.33. The Morgan fingerprint density at radius 2 is 1.90 bits per heavy atom. The number of pyridine rings is 1. The average molecular weight is 379 g/mol. The minimum atomic E-state index is -0.480. The molecule has 6 heteroatoms. The van der Waals surface area contributed by atoms with Crippen LogP contribution in [0.15, 0.2) is 41.5 Å². The van der Waals surface area contributed by atoms with Gasteiger partial charge in [0.25, 0.3) is 5.56 Å². The molecule has 100 valence electrons. The van der Waals surface area contributed by atoms with Gasteiger partial charge in [-0.2, -0.15) is 0 Å². The van der Waals surface area contributed by atoms with E-state index in [4.69, 9.17) is 0 Å².